The van der Waals surface area contributed by atoms with Crippen molar-refractivity contribution >= 4 is 28.3 Å². The molecule has 3 rings (SSSR count). The van der Waals surface area contributed by atoms with Gasteiger partial charge in [0.05, 0.1) is 11.6 Å². The minimum atomic E-state index is -0.142. The molecule has 2 N–H and O–H groups in total. The zero-order chi connectivity index (χ0) is 13.9. The molecule has 0 spiro atoms. The number of hydrogen-bond acceptors (Lipinski definition) is 4. The van der Waals surface area contributed by atoms with Gasteiger partial charge in [0.2, 0.25) is 0 Å². The molecule has 1 aliphatic rings. The zero-order valence-electron chi connectivity index (χ0n) is 11.2. The maximum absolute atomic E-state index is 9.71. The number of halogens is 1. The second-order valence-corrected chi connectivity index (χ2v) is 5.89. The van der Waals surface area contributed by atoms with E-state index in [1.165, 1.54) is 6.42 Å². The van der Waals surface area contributed by atoms with E-state index in [1.54, 1.807) is 6.33 Å². The number of fused-ring (bicyclic) bond motifs is 1. The summed E-state index contributed by atoms with van der Waals surface area (Å²) in [6, 6.07) is 5.63. The van der Waals surface area contributed by atoms with E-state index in [1.807, 2.05) is 18.2 Å². The van der Waals surface area contributed by atoms with E-state index in [4.69, 9.17) is 11.6 Å². The molecule has 106 valence electrons. The summed E-state index contributed by atoms with van der Waals surface area (Å²) in [7, 11) is 0. The summed E-state index contributed by atoms with van der Waals surface area (Å²) in [5.74, 6) is 1.35. The predicted molar refractivity (Wildman–Crippen MR) is 81.0 cm³/mol. The molecule has 2 atom stereocenters. The molecule has 0 radical (unpaired) electrons. The highest BCUT2D eigenvalue weighted by atomic mass is 35.5. The maximum atomic E-state index is 9.71. The van der Waals surface area contributed by atoms with Crippen molar-refractivity contribution in [2.75, 3.05) is 11.9 Å². The molecular formula is C15H18ClN3O. The number of aliphatic hydroxyl groups excluding tert-OH is 1. The molecule has 1 fully saturated rings. The standard InChI is InChI=1S/C15H18ClN3O/c16-11-4-5-13-14(7-11)18-9-19-15(13)17-8-10-2-1-3-12(20)6-10/h4-5,7,9-10,12,20H,1-3,6,8H2,(H,17,18,19). The third-order valence-electron chi connectivity index (χ3n) is 3.91. The fourth-order valence-corrected chi connectivity index (χ4v) is 3.03. The molecule has 0 aliphatic heterocycles. The van der Waals surface area contributed by atoms with E-state index < -0.39 is 0 Å². The van der Waals surface area contributed by atoms with Gasteiger partial charge in [-0.05, 0) is 43.4 Å². The third kappa shape index (κ3) is 3.02. The van der Waals surface area contributed by atoms with Gasteiger partial charge in [-0.1, -0.05) is 18.0 Å². The highest BCUT2D eigenvalue weighted by molar-refractivity contribution is 6.31. The van der Waals surface area contributed by atoms with Crippen molar-refractivity contribution in [2.45, 2.75) is 31.8 Å². The van der Waals surface area contributed by atoms with Crippen LogP contribution in [0.15, 0.2) is 24.5 Å². The van der Waals surface area contributed by atoms with Crippen LogP contribution in [0.1, 0.15) is 25.7 Å². The minimum Gasteiger partial charge on any atom is -0.393 e. The highest BCUT2D eigenvalue weighted by Gasteiger charge is 2.20. The number of hydrogen-bond donors (Lipinski definition) is 2. The zero-order valence-corrected chi connectivity index (χ0v) is 12.0. The Morgan fingerprint density at radius 2 is 2.20 bits per heavy atom. The average Bonchev–Trinajstić information content (AvgIpc) is 2.44. The summed E-state index contributed by atoms with van der Waals surface area (Å²) < 4.78 is 0. The normalized spacial score (nSPS) is 22.9. The summed E-state index contributed by atoms with van der Waals surface area (Å²) in [6.07, 6.45) is 5.49. The lowest BCUT2D eigenvalue weighted by atomic mass is 9.87. The number of nitrogens with zero attached hydrogens (tertiary/aromatic N) is 2. The quantitative estimate of drug-likeness (QED) is 0.911. The van der Waals surface area contributed by atoms with Gasteiger partial charge in [-0.15, -0.1) is 0 Å². The number of benzene rings is 1. The molecule has 20 heavy (non-hydrogen) atoms. The van der Waals surface area contributed by atoms with Gasteiger partial charge >= 0.3 is 0 Å². The molecule has 0 saturated heterocycles. The topological polar surface area (TPSA) is 58.0 Å². The lowest BCUT2D eigenvalue weighted by Crippen LogP contribution is -2.25. The van der Waals surface area contributed by atoms with Crippen LogP contribution in [0, 0.1) is 5.92 Å². The van der Waals surface area contributed by atoms with Crippen molar-refractivity contribution in [3.05, 3.63) is 29.5 Å². The van der Waals surface area contributed by atoms with Gasteiger partial charge in [0.15, 0.2) is 0 Å². The summed E-state index contributed by atoms with van der Waals surface area (Å²) in [5, 5.41) is 14.8. The summed E-state index contributed by atoms with van der Waals surface area (Å²) in [5.41, 5.74) is 0.846. The van der Waals surface area contributed by atoms with Gasteiger partial charge in [0.1, 0.15) is 12.1 Å². The van der Waals surface area contributed by atoms with Gasteiger partial charge in [-0.2, -0.15) is 0 Å². The molecule has 1 aliphatic carbocycles. The van der Waals surface area contributed by atoms with Crippen molar-refractivity contribution < 1.29 is 5.11 Å². The van der Waals surface area contributed by atoms with Crippen LogP contribution in [-0.4, -0.2) is 27.7 Å². The number of rotatable bonds is 3. The number of nitrogens with one attached hydrogen (secondary N) is 1. The average molecular weight is 292 g/mol. The predicted octanol–water partition coefficient (Wildman–Crippen LogP) is 3.25. The molecule has 5 heteroatoms. The largest absolute Gasteiger partial charge is 0.393 e. The van der Waals surface area contributed by atoms with E-state index >= 15 is 0 Å². The number of aliphatic hydroxyl groups is 1. The van der Waals surface area contributed by atoms with Gasteiger partial charge in [0.25, 0.3) is 0 Å². The van der Waals surface area contributed by atoms with Crippen molar-refractivity contribution in [1.82, 2.24) is 9.97 Å². The van der Waals surface area contributed by atoms with Crippen LogP contribution in [0.2, 0.25) is 5.02 Å². The smallest absolute Gasteiger partial charge is 0.137 e. The molecule has 0 bridgehead atoms. The molecule has 2 aromatic rings. The number of anilines is 1. The number of aromatic nitrogens is 2. The van der Waals surface area contributed by atoms with Crippen LogP contribution in [-0.2, 0) is 0 Å². The van der Waals surface area contributed by atoms with E-state index in [0.29, 0.717) is 10.9 Å². The van der Waals surface area contributed by atoms with Gasteiger partial charge in [-0.25, -0.2) is 9.97 Å². The molecule has 1 aromatic carbocycles. The van der Waals surface area contributed by atoms with E-state index in [2.05, 4.69) is 15.3 Å². The molecule has 1 heterocycles. The van der Waals surface area contributed by atoms with Crippen LogP contribution in [0.25, 0.3) is 10.9 Å². The second kappa shape index (κ2) is 5.94. The van der Waals surface area contributed by atoms with E-state index in [0.717, 1.165) is 42.5 Å². The van der Waals surface area contributed by atoms with Crippen LogP contribution in [0.4, 0.5) is 5.82 Å². The Morgan fingerprint density at radius 1 is 1.30 bits per heavy atom. The first kappa shape index (κ1) is 13.6. The van der Waals surface area contributed by atoms with Crippen LogP contribution < -0.4 is 5.32 Å². The Hall–Kier alpha value is -1.39. The Balaban J connectivity index is 1.74. The lowest BCUT2D eigenvalue weighted by molar-refractivity contribution is 0.104. The minimum absolute atomic E-state index is 0.142. The maximum Gasteiger partial charge on any atom is 0.137 e. The van der Waals surface area contributed by atoms with Gasteiger partial charge in [0, 0.05) is 17.0 Å². The molecular weight excluding hydrogens is 274 g/mol. The second-order valence-electron chi connectivity index (χ2n) is 5.45. The first-order valence-electron chi connectivity index (χ1n) is 7.04. The molecule has 2 unspecified atom stereocenters. The first-order chi connectivity index (χ1) is 9.72. The van der Waals surface area contributed by atoms with Crippen molar-refractivity contribution in [3.63, 3.8) is 0 Å². The molecule has 1 aromatic heterocycles. The SMILES string of the molecule is OC1CCCC(CNc2ncnc3cc(Cl)ccc23)C1. The third-order valence-corrected chi connectivity index (χ3v) is 4.15. The van der Waals surface area contributed by atoms with Crippen LogP contribution in [0.3, 0.4) is 0 Å². The molecule has 4 nitrogen and oxygen atoms in total. The first-order valence-corrected chi connectivity index (χ1v) is 7.42. The summed E-state index contributed by atoms with van der Waals surface area (Å²) in [6.45, 7) is 0.839. The Bertz CT molecular complexity index is 605. The van der Waals surface area contributed by atoms with Crippen molar-refractivity contribution in [3.8, 4) is 0 Å². The van der Waals surface area contributed by atoms with E-state index in [9.17, 15) is 5.11 Å². The lowest BCUT2D eigenvalue weighted by Gasteiger charge is -2.26. The fraction of sp³-hybridized carbons (Fsp3) is 0.467. The molecule has 0 amide bonds. The van der Waals surface area contributed by atoms with Crippen LogP contribution in [0.5, 0.6) is 0 Å². The fourth-order valence-electron chi connectivity index (χ4n) is 2.86. The Labute approximate surface area is 123 Å². The van der Waals surface area contributed by atoms with Crippen molar-refractivity contribution in [2.24, 2.45) is 5.92 Å². The summed E-state index contributed by atoms with van der Waals surface area (Å²) in [4.78, 5) is 8.55. The van der Waals surface area contributed by atoms with Gasteiger partial charge in [-0.3, -0.25) is 0 Å². The summed E-state index contributed by atoms with van der Waals surface area (Å²) >= 11 is 5.98. The monoisotopic (exact) mass is 291 g/mol. The van der Waals surface area contributed by atoms with Crippen LogP contribution >= 0.6 is 11.6 Å². The Kier molecular flexibility index (Phi) is 4.03. The highest BCUT2D eigenvalue weighted by Crippen LogP contribution is 2.26. The Morgan fingerprint density at radius 3 is 3.05 bits per heavy atom. The van der Waals surface area contributed by atoms with Crippen molar-refractivity contribution in [1.29, 1.82) is 0 Å². The van der Waals surface area contributed by atoms with Gasteiger partial charge < -0.3 is 10.4 Å². The van der Waals surface area contributed by atoms with E-state index in [-0.39, 0.29) is 6.10 Å². The molecule has 1 saturated carbocycles.